The fourth-order valence-electron chi connectivity index (χ4n) is 3.86. The van der Waals surface area contributed by atoms with Crippen LogP contribution in [0.15, 0.2) is 42.9 Å². The van der Waals surface area contributed by atoms with Crippen molar-refractivity contribution in [3.05, 3.63) is 48.4 Å². The Morgan fingerprint density at radius 3 is 2.96 bits per heavy atom. The minimum absolute atomic E-state index is 0.0215. The average Bonchev–Trinajstić information content (AvgIpc) is 3.23. The van der Waals surface area contributed by atoms with E-state index in [-0.39, 0.29) is 5.60 Å². The maximum absolute atomic E-state index is 6.22. The summed E-state index contributed by atoms with van der Waals surface area (Å²) < 4.78 is 11.4. The normalized spacial score (nSPS) is 26.2. The van der Waals surface area contributed by atoms with E-state index in [4.69, 9.17) is 9.47 Å². The highest BCUT2D eigenvalue weighted by atomic mass is 16.5. The van der Waals surface area contributed by atoms with Gasteiger partial charge in [-0.25, -0.2) is 4.98 Å². The highest BCUT2D eigenvalue weighted by Gasteiger charge is 2.45. The number of rotatable bonds is 5. The van der Waals surface area contributed by atoms with E-state index in [9.17, 15) is 0 Å². The molecule has 0 radical (unpaired) electrons. The Labute approximate surface area is 148 Å². The molecule has 6 nitrogen and oxygen atoms in total. The number of hydrogen-bond donors (Lipinski definition) is 1. The van der Waals surface area contributed by atoms with Crippen molar-refractivity contribution < 1.29 is 9.47 Å². The van der Waals surface area contributed by atoms with E-state index in [1.165, 1.54) is 5.56 Å². The van der Waals surface area contributed by atoms with Gasteiger partial charge in [-0.3, -0.25) is 9.88 Å². The first-order valence-corrected chi connectivity index (χ1v) is 8.76. The second-order valence-corrected chi connectivity index (χ2v) is 6.94. The maximum atomic E-state index is 6.22. The number of likely N-dealkylation sites (tertiary alicyclic amines) is 1. The molecular formula is C19H24N4O2. The molecule has 6 heteroatoms. The van der Waals surface area contributed by atoms with E-state index < -0.39 is 0 Å². The molecule has 2 aromatic rings. The van der Waals surface area contributed by atoms with Crippen molar-refractivity contribution >= 4 is 5.82 Å². The Morgan fingerprint density at radius 1 is 1.32 bits per heavy atom. The van der Waals surface area contributed by atoms with Crippen LogP contribution in [0.25, 0.3) is 0 Å². The van der Waals surface area contributed by atoms with Gasteiger partial charge in [0.15, 0.2) is 0 Å². The Hall–Kier alpha value is -2.18. The minimum Gasteiger partial charge on any atom is -0.497 e. The molecule has 1 aromatic carbocycles. The lowest BCUT2D eigenvalue weighted by Crippen LogP contribution is -2.33. The SMILES string of the molecule is COc1ccc(CN2CC[C@@]3(C[C@@H](Nc4cnccn4)CO3)C2)cc1. The first-order valence-electron chi connectivity index (χ1n) is 8.76. The van der Waals surface area contributed by atoms with E-state index >= 15 is 0 Å². The van der Waals surface area contributed by atoms with Gasteiger partial charge in [-0.15, -0.1) is 0 Å². The molecule has 1 spiro atoms. The molecular weight excluding hydrogens is 316 g/mol. The van der Waals surface area contributed by atoms with Gasteiger partial charge in [0.05, 0.1) is 31.6 Å². The lowest BCUT2D eigenvalue weighted by atomic mass is 9.97. The van der Waals surface area contributed by atoms with Gasteiger partial charge in [0.25, 0.3) is 0 Å². The van der Waals surface area contributed by atoms with Crippen molar-refractivity contribution in [3.63, 3.8) is 0 Å². The molecule has 2 saturated heterocycles. The summed E-state index contributed by atoms with van der Waals surface area (Å²) in [5, 5.41) is 3.44. The number of benzene rings is 1. The van der Waals surface area contributed by atoms with Crippen LogP contribution in [0.1, 0.15) is 18.4 Å². The molecule has 2 aliphatic heterocycles. The molecule has 25 heavy (non-hydrogen) atoms. The molecule has 3 heterocycles. The first kappa shape index (κ1) is 16.3. The molecule has 2 fully saturated rings. The highest BCUT2D eigenvalue weighted by molar-refractivity contribution is 5.32. The zero-order valence-corrected chi connectivity index (χ0v) is 14.5. The summed E-state index contributed by atoms with van der Waals surface area (Å²) in [6.07, 6.45) is 7.26. The highest BCUT2D eigenvalue weighted by Crippen LogP contribution is 2.36. The molecule has 1 N–H and O–H groups in total. The summed E-state index contributed by atoms with van der Waals surface area (Å²) in [7, 11) is 1.70. The number of nitrogens with one attached hydrogen (secondary N) is 1. The zero-order valence-electron chi connectivity index (χ0n) is 14.5. The van der Waals surface area contributed by atoms with Crippen LogP contribution in [0, 0.1) is 0 Å². The van der Waals surface area contributed by atoms with Crippen molar-refractivity contribution in [1.29, 1.82) is 0 Å². The van der Waals surface area contributed by atoms with Crippen LogP contribution in [-0.4, -0.2) is 53.3 Å². The topological polar surface area (TPSA) is 59.5 Å². The smallest absolute Gasteiger partial charge is 0.144 e. The molecule has 132 valence electrons. The van der Waals surface area contributed by atoms with Crippen molar-refractivity contribution in [2.45, 2.75) is 31.0 Å². The quantitative estimate of drug-likeness (QED) is 0.901. The third-order valence-corrected chi connectivity index (χ3v) is 5.08. The summed E-state index contributed by atoms with van der Waals surface area (Å²) in [5.41, 5.74) is 1.29. The first-order chi connectivity index (χ1) is 12.2. The molecule has 0 saturated carbocycles. The third kappa shape index (κ3) is 3.75. The van der Waals surface area contributed by atoms with Crippen LogP contribution in [0.4, 0.5) is 5.82 Å². The van der Waals surface area contributed by atoms with Gasteiger partial charge in [-0.1, -0.05) is 12.1 Å². The summed E-state index contributed by atoms with van der Waals surface area (Å²) in [6.45, 7) is 3.74. The Morgan fingerprint density at radius 2 is 2.20 bits per heavy atom. The summed E-state index contributed by atoms with van der Waals surface area (Å²) in [5.74, 6) is 1.72. The van der Waals surface area contributed by atoms with Gasteiger partial charge in [0, 0.05) is 38.4 Å². The van der Waals surface area contributed by atoms with Crippen LogP contribution >= 0.6 is 0 Å². The fourth-order valence-corrected chi connectivity index (χ4v) is 3.86. The number of anilines is 1. The summed E-state index contributed by atoms with van der Waals surface area (Å²) in [6, 6.07) is 8.62. The maximum Gasteiger partial charge on any atom is 0.144 e. The van der Waals surface area contributed by atoms with E-state index in [1.807, 2.05) is 12.1 Å². The standard InChI is InChI=1S/C19H24N4O2/c1-24-17-4-2-15(3-5-17)12-23-9-6-19(14-23)10-16(13-25-19)22-18-11-20-7-8-21-18/h2-5,7-8,11,16H,6,9-10,12-14H2,1H3,(H,21,22)/t16-,19-/m1/s1. The lowest BCUT2D eigenvalue weighted by molar-refractivity contribution is 0.0120. The van der Waals surface area contributed by atoms with Crippen molar-refractivity contribution in [2.24, 2.45) is 0 Å². The van der Waals surface area contributed by atoms with Gasteiger partial charge in [0.1, 0.15) is 11.6 Å². The Bertz CT molecular complexity index is 694. The predicted molar refractivity (Wildman–Crippen MR) is 95.6 cm³/mol. The third-order valence-electron chi connectivity index (χ3n) is 5.08. The van der Waals surface area contributed by atoms with Crippen LogP contribution in [0.5, 0.6) is 5.75 Å². The van der Waals surface area contributed by atoms with Crippen molar-refractivity contribution in [2.75, 3.05) is 32.1 Å². The largest absolute Gasteiger partial charge is 0.497 e. The Balaban J connectivity index is 1.32. The molecule has 0 unspecified atom stereocenters. The Kier molecular flexibility index (Phi) is 4.55. The predicted octanol–water partition coefficient (Wildman–Crippen LogP) is 2.33. The van der Waals surface area contributed by atoms with Gasteiger partial charge >= 0.3 is 0 Å². The lowest BCUT2D eigenvalue weighted by Gasteiger charge is -2.23. The molecule has 2 atom stereocenters. The van der Waals surface area contributed by atoms with Crippen LogP contribution in [0.2, 0.25) is 0 Å². The second-order valence-electron chi connectivity index (χ2n) is 6.94. The van der Waals surface area contributed by atoms with Crippen LogP contribution < -0.4 is 10.1 Å². The van der Waals surface area contributed by atoms with Gasteiger partial charge in [0.2, 0.25) is 0 Å². The zero-order chi connectivity index (χ0) is 17.1. The number of aromatic nitrogens is 2. The van der Waals surface area contributed by atoms with Crippen molar-refractivity contribution in [1.82, 2.24) is 14.9 Å². The van der Waals surface area contributed by atoms with Crippen LogP contribution in [0.3, 0.4) is 0 Å². The van der Waals surface area contributed by atoms with Gasteiger partial charge < -0.3 is 14.8 Å². The number of methoxy groups -OCH3 is 1. The van der Waals surface area contributed by atoms with E-state index in [2.05, 4.69) is 32.3 Å². The van der Waals surface area contributed by atoms with E-state index in [0.717, 1.165) is 50.7 Å². The van der Waals surface area contributed by atoms with Crippen molar-refractivity contribution in [3.8, 4) is 5.75 Å². The number of ether oxygens (including phenoxy) is 2. The van der Waals surface area contributed by atoms with Gasteiger partial charge in [-0.2, -0.15) is 0 Å². The minimum atomic E-state index is -0.0215. The molecule has 1 aromatic heterocycles. The molecule has 2 aliphatic rings. The molecule has 0 amide bonds. The summed E-state index contributed by atoms with van der Waals surface area (Å²) >= 11 is 0. The van der Waals surface area contributed by atoms with Crippen LogP contribution in [-0.2, 0) is 11.3 Å². The second kappa shape index (κ2) is 6.98. The monoisotopic (exact) mass is 340 g/mol. The fraction of sp³-hybridized carbons (Fsp3) is 0.474. The number of nitrogens with zero attached hydrogens (tertiary/aromatic N) is 3. The summed E-state index contributed by atoms with van der Waals surface area (Å²) in [4.78, 5) is 10.9. The average molecular weight is 340 g/mol. The molecule has 0 bridgehead atoms. The number of hydrogen-bond acceptors (Lipinski definition) is 6. The van der Waals surface area contributed by atoms with E-state index in [1.54, 1.807) is 25.7 Å². The van der Waals surface area contributed by atoms with Gasteiger partial charge in [-0.05, 0) is 24.1 Å². The molecule has 0 aliphatic carbocycles. The molecule has 4 rings (SSSR count). The van der Waals surface area contributed by atoms with E-state index in [0.29, 0.717) is 6.04 Å².